The molecule has 0 aromatic heterocycles. The van der Waals surface area contributed by atoms with Gasteiger partial charge in [-0.25, -0.2) is 0 Å². The average Bonchev–Trinajstić information content (AvgIpc) is 1.89. The van der Waals surface area contributed by atoms with Crippen molar-refractivity contribution < 1.29 is 0 Å². The van der Waals surface area contributed by atoms with Gasteiger partial charge >= 0.3 is 0 Å². The fourth-order valence-corrected chi connectivity index (χ4v) is 0.659. The average molecular weight is 137 g/mol. The van der Waals surface area contributed by atoms with Crippen LogP contribution in [0.1, 0.15) is 20.8 Å². The molecule has 0 unspecified atom stereocenters. The number of hydrogen-bond acceptors (Lipinski definition) is 1. The molecule has 0 aliphatic heterocycles. The Morgan fingerprint density at radius 3 is 2.50 bits per heavy atom. The van der Waals surface area contributed by atoms with Gasteiger partial charge in [-0.05, 0) is 26.3 Å². The van der Waals surface area contributed by atoms with Gasteiger partial charge in [-0.15, -0.1) is 0 Å². The molecule has 1 heteroatoms. The molecule has 0 aliphatic rings. The maximum Gasteiger partial charge on any atom is 0.0364 e. The quantitative estimate of drug-likeness (QED) is 0.419. The first kappa shape index (κ1) is 9.15. The second kappa shape index (κ2) is 4.98. The third kappa shape index (κ3) is 3.23. The number of allylic oxidation sites excluding steroid dienone is 3. The molecule has 0 aromatic carbocycles. The molecule has 0 spiro atoms. The Balaban J connectivity index is 4.19. The van der Waals surface area contributed by atoms with Crippen LogP contribution in [0.5, 0.6) is 0 Å². The Kier molecular flexibility index (Phi) is 4.55. The smallest absolute Gasteiger partial charge is 0.0364 e. The molecule has 0 radical (unpaired) electrons. The molecule has 56 valence electrons. The first-order valence-electron chi connectivity index (χ1n) is 3.53. The van der Waals surface area contributed by atoms with E-state index in [-0.39, 0.29) is 0 Å². The van der Waals surface area contributed by atoms with Crippen LogP contribution in [0.2, 0.25) is 0 Å². The van der Waals surface area contributed by atoms with Crippen LogP contribution in [0.3, 0.4) is 0 Å². The van der Waals surface area contributed by atoms with Crippen LogP contribution < -0.4 is 0 Å². The van der Waals surface area contributed by atoms with Crippen LogP contribution in [-0.2, 0) is 0 Å². The highest BCUT2D eigenvalue weighted by Crippen LogP contribution is 1.96. The highest BCUT2D eigenvalue weighted by Gasteiger charge is 1.89. The summed E-state index contributed by atoms with van der Waals surface area (Å²) in [5.74, 6) is 0. The van der Waals surface area contributed by atoms with Gasteiger partial charge in [0.15, 0.2) is 0 Å². The summed E-state index contributed by atoms with van der Waals surface area (Å²) in [6.45, 7) is 10.6. The molecule has 0 saturated heterocycles. The maximum atomic E-state index is 4.24. The van der Waals surface area contributed by atoms with Gasteiger partial charge in [0.05, 0.1) is 0 Å². The van der Waals surface area contributed by atoms with Crippen molar-refractivity contribution in [3.05, 3.63) is 24.3 Å². The van der Waals surface area contributed by atoms with E-state index in [2.05, 4.69) is 11.6 Å². The third-order valence-corrected chi connectivity index (χ3v) is 1.33. The summed E-state index contributed by atoms with van der Waals surface area (Å²) in [6, 6.07) is 0. The Hall–Kier alpha value is -0.850. The molecule has 0 rings (SSSR count). The van der Waals surface area contributed by atoms with E-state index in [1.165, 1.54) is 5.57 Å². The molecular formula is C9H15N. The van der Waals surface area contributed by atoms with Crippen molar-refractivity contribution in [2.45, 2.75) is 20.8 Å². The first-order valence-corrected chi connectivity index (χ1v) is 3.53. The van der Waals surface area contributed by atoms with Gasteiger partial charge in [-0.3, -0.25) is 4.99 Å². The molecule has 0 N–H and O–H groups in total. The van der Waals surface area contributed by atoms with Crippen molar-refractivity contribution in [3.63, 3.8) is 0 Å². The fraction of sp³-hybridized carbons (Fsp3) is 0.444. The number of hydrogen-bond donors (Lipinski definition) is 0. The Morgan fingerprint density at radius 1 is 1.50 bits per heavy atom. The lowest BCUT2D eigenvalue weighted by Gasteiger charge is -1.96. The van der Waals surface area contributed by atoms with Gasteiger partial charge in [-0.1, -0.05) is 18.7 Å². The first-order chi connectivity index (χ1) is 4.72. The molecule has 0 fully saturated rings. The van der Waals surface area contributed by atoms with Crippen molar-refractivity contribution in [2.75, 3.05) is 6.54 Å². The van der Waals surface area contributed by atoms with Crippen LogP contribution >= 0.6 is 0 Å². The van der Waals surface area contributed by atoms with E-state index >= 15 is 0 Å². The Morgan fingerprint density at radius 2 is 2.10 bits per heavy atom. The molecule has 0 aliphatic carbocycles. The normalized spacial score (nSPS) is 13.5. The lowest BCUT2D eigenvalue weighted by molar-refractivity contribution is 1.12. The van der Waals surface area contributed by atoms with E-state index in [1.807, 2.05) is 26.8 Å². The SMILES string of the molecule is C=C/C=C(/C)C(C)=NCC. The van der Waals surface area contributed by atoms with Gasteiger partial charge in [-0.2, -0.15) is 0 Å². The summed E-state index contributed by atoms with van der Waals surface area (Å²) in [7, 11) is 0. The largest absolute Gasteiger partial charge is 0.290 e. The van der Waals surface area contributed by atoms with Gasteiger partial charge in [0.1, 0.15) is 0 Å². The molecule has 0 aromatic rings. The van der Waals surface area contributed by atoms with Crippen molar-refractivity contribution >= 4 is 5.71 Å². The van der Waals surface area contributed by atoms with E-state index < -0.39 is 0 Å². The van der Waals surface area contributed by atoms with Gasteiger partial charge in [0.25, 0.3) is 0 Å². The number of nitrogens with zero attached hydrogens (tertiary/aromatic N) is 1. The van der Waals surface area contributed by atoms with E-state index in [9.17, 15) is 0 Å². The fourth-order valence-electron chi connectivity index (χ4n) is 0.659. The molecule has 10 heavy (non-hydrogen) atoms. The summed E-state index contributed by atoms with van der Waals surface area (Å²) < 4.78 is 0. The van der Waals surface area contributed by atoms with Crippen LogP contribution in [0.15, 0.2) is 29.3 Å². The van der Waals surface area contributed by atoms with Crippen molar-refractivity contribution in [2.24, 2.45) is 4.99 Å². The van der Waals surface area contributed by atoms with Crippen molar-refractivity contribution in [3.8, 4) is 0 Å². The van der Waals surface area contributed by atoms with Gasteiger partial charge in [0, 0.05) is 12.3 Å². The minimum Gasteiger partial charge on any atom is -0.290 e. The van der Waals surface area contributed by atoms with Crippen LogP contribution in [0.4, 0.5) is 0 Å². The summed E-state index contributed by atoms with van der Waals surface area (Å²) in [5.41, 5.74) is 2.29. The molecule has 0 bridgehead atoms. The Labute approximate surface area is 63.2 Å². The van der Waals surface area contributed by atoms with Gasteiger partial charge < -0.3 is 0 Å². The lowest BCUT2D eigenvalue weighted by atomic mass is 10.2. The highest BCUT2D eigenvalue weighted by atomic mass is 14.7. The molecule has 0 amide bonds. The van der Waals surface area contributed by atoms with E-state index in [0.29, 0.717) is 0 Å². The third-order valence-electron chi connectivity index (χ3n) is 1.33. The van der Waals surface area contributed by atoms with E-state index in [1.54, 1.807) is 6.08 Å². The zero-order valence-corrected chi connectivity index (χ0v) is 7.02. The second-order valence-electron chi connectivity index (χ2n) is 2.15. The minimum absolute atomic E-state index is 0.855. The van der Waals surface area contributed by atoms with Crippen molar-refractivity contribution in [1.82, 2.24) is 0 Å². The standard InChI is InChI=1S/C9H15N/c1-5-7-8(3)9(4)10-6-2/h5,7H,1,6H2,2-4H3/b8-7-,10-9?. The van der Waals surface area contributed by atoms with Crippen LogP contribution in [0, 0.1) is 0 Å². The lowest BCUT2D eigenvalue weighted by Crippen LogP contribution is -1.93. The second-order valence-corrected chi connectivity index (χ2v) is 2.15. The van der Waals surface area contributed by atoms with Gasteiger partial charge in [0.2, 0.25) is 0 Å². The molecule has 1 nitrogen and oxygen atoms in total. The summed E-state index contributed by atoms with van der Waals surface area (Å²) in [4.78, 5) is 4.24. The topological polar surface area (TPSA) is 12.4 Å². The highest BCUT2D eigenvalue weighted by molar-refractivity contribution is 5.97. The van der Waals surface area contributed by atoms with E-state index in [4.69, 9.17) is 0 Å². The summed E-state index contributed by atoms with van der Waals surface area (Å²) >= 11 is 0. The number of aliphatic imine (C=N–C) groups is 1. The molecule has 0 heterocycles. The van der Waals surface area contributed by atoms with Crippen LogP contribution in [0.25, 0.3) is 0 Å². The zero-order chi connectivity index (χ0) is 7.98. The predicted molar refractivity (Wildman–Crippen MR) is 47.6 cm³/mol. The number of rotatable bonds is 3. The molecule has 0 saturated carbocycles. The Bertz CT molecular complexity index is 164. The monoisotopic (exact) mass is 137 g/mol. The molecular weight excluding hydrogens is 122 g/mol. The zero-order valence-electron chi connectivity index (χ0n) is 7.02. The molecule has 0 atom stereocenters. The maximum absolute atomic E-state index is 4.24. The van der Waals surface area contributed by atoms with E-state index in [0.717, 1.165) is 12.3 Å². The summed E-state index contributed by atoms with van der Waals surface area (Å²) in [5, 5.41) is 0. The minimum atomic E-state index is 0.855. The van der Waals surface area contributed by atoms with Crippen LogP contribution in [-0.4, -0.2) is 12.3 Å². The van der Waals surface area contributed by atoms with Crippen molar-refractivity contribution in [1.29, 1.82) is 0 Å². The predicted octanol–water partition coefficient (Wildman–Crippen LogP) is 2.60. The summed E-state index contributed by atoms with van der Waals surface area (Å²) in [6.07, 6.45) is 3.75.